The number of hydrogen-bond acceptors (Lipinski definition) is 27. The first-order chi connectivity index (χ1) is 61.4. The molecule has 0 aliphatic carbocycles. The molecule has 4 aliphatic heterocycles. The predicted octanol–water partition coefficient (Wildman–Crippen LogP) is 16.6. The molecule has 6 aromatic rings. The van der Waals surface area contributed by atoms with E-state index in [9.17, 15) is 48.0 Å². The molecule has 2 aromatic heterocycles. The Morgan fingerprint density at radius 1 is 0.512 bits per heavy atom. The number of rotatable bonds is 24. The molecule has 0 unspecified atom stereocenters. The van der Waals surface area contributed by atoms with E-state index >= 15 is 0 Å². The van der Waals surface area contributed by atoms with Crippen molar-refractivity contribution < 1.29 is 94.8 Å². The van der Waals surface area contributed by atoms with Gasteiger partial charge in [-0.05, 0) is 152 Å². The van der Waals surface area contributed by atoms with E-state index in [1.165, 1.54) is 40.1 Å². The lowest BCUT2D eigenvalue weighted by Crippen LogP contribution is -2.41. The third-order valence-electron chi connectivity index (χ3n) is 16.3. The fourth-order valence-electron chi connectivity index (χ4n) is 11.0. The summed E-state index contributed by atoms with van der Waals surface area (Å²) in [5, 5.41) is 27.5. The quantitative estimate of drug-likeness (QED) is 0.0108. The molecule has 10 rings (SSSR count). The van der Waals surface area contributed by atoms with E-state index in [1.54, 1.807) is 88.5 Å². The van der Waals surface area contributed by atoms with Crippen molar-refractivity contribution in [3.8, 4) is 35.1 Å². The molecule has 702 valence electrons. The molecule has 4 saturated heterocycles. The van der Waals surface area contributed by atoms with Crippen LogP contribution in [-0.4, -0.2) is 231 Å². The van der Waals surface area contributed by atoms with Crippen molar-refractivity contribution in [2.75, 3.05) is 195 Å². The van der Waals surface area contributed by atoms with Crippen LogP contribution in [0.2, 0.25) is 5.02 Å². The molecule has 4 fully saturated rings. The van der Waals surface area contributed by atoms with Gasteiger partial charge in [-0.3, -0.25) is 52.7 Å². The summed E-state index contributed by atoms with van der Waals surface area (Å²) in [7, 11) is 0. The van der Waals surface area contributed by atoms with Crippen LogP contribution in [0.5, 0.6) is 23.0 Å². The number of halogens is 7. The Labute approximate surface area is 784 Å². The number of nitrogen functional groups attached to an aromatic ring is 1. The molecule has 7 N–H and O–H groups in total. The van der Waals surface area contributed by atoms with E-state index in [4.69, 9.17) is 94.4 Å². The Morgan fingerprint density at radius 2 is 0.868 bits per heavy atom. The molecule has 37 nitrogen and oxygen atoms in total. The topological polar surface area (TPSA) is 441 Å². The van der Waals surface area contributed by atoms with E-state index in [-0.39, 0.29) is 64.9 Å². The lowest BCUT2D eigenvalue weighted by atomic mass is 10.1. The number of nitrogens with two attached hydrogens (primary N) is 1. The molecule has 7 amide bonds. The van der Waals surface area contributed by atoms with Crippen molar-refractivity contribution >= 4 is 192 Å². The highest BCUT2D eigenvalue weighted by atomic mass is 36.1. The van der Waals surface area contributed by atoms with Crippen molar-refractivity contribution in [2.45, 2.75) is 89.6 Å². The highest BCUT2D eigenvalue weighted by Gasteiger charge is 2.25. The second-order valence-corrected chi connectivity index (χ2v) is 39.3. The second kappa shape index (κ2) is 63.7. The van der Waals surface area contributed by atoms with Gasteiger partial charge in [0.05, 0.1) is 148 Å². The number of morpholine rings is 4. The summed E-state index contributed by atoms with van der Waals surface area (Å²) >= 11 is 33.9. The van der Waals surface area contributed by atoms with Crippen molar-refractivity contribution in [2.24, 2.45) is 0 Å². The number of pyridine rings is 2. The fourth-order valence-corrected chi connectivity index (χ4v) is 11.3. The average molecular weight is 1970 g/mol. The standard InChI is InChI=1S/C18H22N4O4.C18H20N4O3.C14H12ClN3O2.C10H14N2O2.C9H12N2O2.C7H10N2O2.C7H16O3.2Cl3OP/c1-4-26-17-11-14(5-6-15(17)21-13(2)23)20-12-16(19-3)18(24)22-7-9-25-10-8-22;1-3-25-17-9-15-14(8-16(17)21-12(2)23)18(13(10-19)11-20-15)22-4-6-24-7-5-22;1-3-20-13-5-11-10(4-12(13)18-8(2)19)14(15)9(6-16)7-17-11;1-3-14-10-6-8(11)4-5-9(10)12-7(2)13;1-3-8(10-2)9(12)11-4-6-13-7-5-11;1-8-6-7(10)9-2-4-11-5-3-9;1-4-8-7(9-5-2)10-6-3;2*1-5(2,3)4/h5-6,11-12,20H,4,7-10H2,1-2H3,(H,21,23);8-9,11H,3-7H2,1-2H3,(H,21,23);4-5,7H,3H2,1-2H3,(H,18,19);4-6H,3,11H2,1-2H3,(H,12,13);3H,4-7H2,1H3;2-6H2;7H,4-6H2,1-3H3;;/b16-12-;;;;8-3+;;;;. The molecule has 0 saturated carbocycles. The first kappa shape index (κ1) is 115. The van der Waals surface area contributed by atoms with Gasteiger partial charge in [0, 0.05) is 165 Å². The summed E-state index contributed by atoms with van der Waals surface area (Å²) in [5.74, 6) is 0.878. The maximum atomic E-state index is 12.4. The maximum absolute atomic E-state index is 12.4. The first-order valence-corrected chi connectivity index (χ1v) is 49.0. The van der Waals surface area contributed by atoms with Gasteiger partial charge >= 0.3 is 16.3 Å². The van der Waals surface area contributed by atoms with Gasteiger partial charge in [0.25, 0.3) is 30.5 Å². The van der Waals surface area contributed by atoms with Crippen LogP contribution in [0, 0.1) is 42.4 Å². The number of anilines is 7. The number of nitriles is 2. The number of carbonyl (C=O) groups excluding carboxylic acids is 7. The van der Waals surface area contributed by atoms with E-state index in [2.05, 4.69) is 130 Å². The number of nitrogens with one attached hydrogen (secondary N) is 5. The number of benzene rings is 4. The van der Waals surface area contributed by atoms with Crippen LogP contribution < -0.4 is 56.2 Å². The zero-order valence-corrected chi connectivity index (χ0v) is 80.4. The third kappa shape index (κ3) is 46.2. The molecule has 0 spiro atoms. The van der Waals surface area contributed by atoms with Gasteiger partial charge in [-0.25, -0.2) is 16.3 Å². The Morgan fingerprint density at radius 3 is 1.25 bits per heavy atom. The normalized spacial score (nSPS) is 13.3. The molecule has 129 heavy (non-hydrogen) atoms. The van der Waals surface area contributed by atoms with Gasteiger partial charge < -0.3 is 109 Å². The largest absolute Gasteiger partial charge is 0.492 e. The van der Waals surface area contributed by atoms with E-state index in [0.29, 0.717) is 230 Å². The van der Waals surface area contributed by atoms with Gasteiger partial charge in [0.15, 0.2) is 0 Å². The highest BCUT2D eigenvalue weighted by Crippen LogP contribution is 2.62. The van der Waals surface area contributed by atoms with Crippen LogP contribution in [0.1, 0.15) is 94.2 Å². The van der Waals surface area contributed by atoms with Gasteiger partial charge in [-0.15, -0.1) is 0 Å². The van der Waals surface area contributed by atoms with Crippen molar-refractivity contribution in [3.05, 3.63) is 147 Å². The Hall–Kier alpha value is -10.3. The number of ether oxygens (including phenoxy) is 11. The monoisotopic (exact) mass is 1970 g/mol. The van der Waals surface area contributed by atoms with E-state index < -0.39 is 16.9 Å². The summed E-state index contributed by atoms with van der Waals surface area (Å²) < 4.78 is 77.0. The van der Waals surface area contributed by atoms with Crippen LogP contribution in [0.4, 0.5) is 39.8 Å². The summed E-state index contributed by atoms with van der Waals surface area (Å²) in [6.07, 6.45) is 5.93. The van der Waals surface area contributed by atoms with Gasteiger partial charge in [-0.2, -0.15) is 10.5 Å². The van der Waals surface area contributed by atoms with Crippen molar-refractivity contribution in [1.29, 1.82) is 10.5 Å². The Balaban J connectivity index is 0.000000512. The number of aromatic nitrogens is 2. The molecule has 6 heterocycles. The molecular formula is C83H106Cl7N17O20P2. The minimum absolute atomic E-state index is 0.00389. The fraction of sp³-hybridized carbons (Fsp3) is 0.446. The van der Waals surface area contributed by atoms with Crippen LogP contribution in [0.3, 0.4) is 0 Å². The van der Waals surface area contributed by atoms with Gasteiger partial charge in [0.2, 0.25) is 29.3 Å². The summed E-state index contributed by atoms with van der Waals surface area (Å²) in [6, 6.07) is 21.4. The number of fused-ring (bicyclic) bond motifs is 2. The van der Waals surface area contributed by atoms with Gasteiger partial charge in [0.1, 0.15) is 35.1 Å². The average Bonchev–Trinajstić information content (AvgIpc) is 0.775. The number of nitrogens with zero attached hydrogens (tertiary/aromatic N) is 11. The number of carbonyl (C=O) groups is 7. The van der Waals surface area contributed by atoms with Crippen molar-refractivity contribution in [3.63, 3.8) is 0 Å². The minimum Gasteiger partial charge on any atom is -0.492 e. The van der Waals surface area contributed by atoms with Crippen molar-refractivity contribution in [1.82, 2.24) is 24.7 Å². The molecule has 0 atom stereocenters. The number of amides is 7. The smallest absolute Gasteiger partial charge is 0.339 e. The van der Waals surface area contributed by atoms with Crippen LogP contribution >= 0.6 is 89.4 Å². The first-order valence-electron chi connectivity index (χ1n) is 39.8. The van der Waals surface area contributed by atoms with Crippen LogP contribution in [0.15, 0.2) is 96.7 Å². The summed E-state index contributed by atoms with van der Waals surface area (Å²) in [5.41, 5.74) is 12.3. The van der Waals surface area contributed by atoms with E-state index in [1.807, 2.05) is 60.6 Å². The zero-order valence-electron chi connectivity index (χ0n) is 73.3. The molecule has 4 aromatic carbocycles. The van der Waals surface area contributed by atoms with Crippen LogP contribution in [-0.2, 0) is 75.8 Å². The number of allylic oxidation sites excluding steroid dienone is 1. The molecule has 0 bridgehead atoms. The minimum atomic E-state index is -3.22. The zero-order chi connectivity index (χ0) is 96.6. The SMILES string of the molecule is CCOC(OCC)OCC.CCOc1cc(N)ccc1NC(C)=O.CCOc1cc2ncc(C#N)c(Cl)c2cc1NC(C)=O.CCOc1cc2ncc(C#N)c(N3CCOCC3)c2cc1NC(C)=O.O=P(Cl)(Cl)Cl.O=P(Cl)(Cl)Cl.[C-]#[N+]/C(=C/C)C(=O)N1CCOCC1.[C-]#[N+]/C(=C\Nc1ccc(NC(C)=O)c(OCC)c1)C(=O)N1CCOCC1.[C-]#[N+]CC(=O)N1CCOCC1. The maximum Gasteiger partial charge on any atom is 0.339 e. The van der Waals surface area contributed by atoms with Gasteiger partial charge in [-0.1, -0.05) is 24.6 Å². The summed E-state index contributed by atoms with van der Waals surface area (Å²) in [6.45, 7) is 53.7. The highest BCUT2D eigenvalue weighted by molar-refractivity contribution is 8.25. The van der Waals surface area contributed by atoms with Crippen LogP contribution in [0.25, 0.3) is 36.3 Å². The predicted molar refractivity (Wildman–Crippen MR) is 501 cm³/mol. The Bertz CT molecular complexity index is 4990. The van der Waals surface area contributed by atoms with E-state index in [0.717, 1.165) is 16.6 Å². The second-order valence-electron chi connectivity index (χ2n) is 25.6. The molecule has 4 aliphatic rings. The molecule has 46 heteroatoms. The Kier molecular flexibility index (Phi) is 56.7. The lowest BCUT2D eigenvalue weighted by molar-refractivity contribution is -0.282. The summed E-state index contributed by atoms with van der Waals surface area (Å²) in [4.78, 5) is 105. The third-order valence-corrected chi connectivity index (χ3v) is 16.7. The number of hydrogen-bond donors (Lipinski definition) is 6. The molecule has 0 radical (unpaired) electrons. The lowest BCUT2D eigenvalue weighted by Gasteiger charge is -2.30. The molecular weight excluding hydrogens is 1870 g/mol.